The van der Waals surface area contributed by atoms with E-state index in [1.807, 2.05) is 13.8 Å². The highest BCUT2D eigenvalue weighted by atomic mass is 16.4. The summed E-state index contributed by atoms with van der Waals surface area (Å²) in [6, 6.07) is -5.23. The number of carboxylic acids is 2. The number of amides is 9. The van der Waals surface area contributed by atoms with Gasteiger partial charge in [0.25, 0.3) is 0 Å². The molecule has 1 aromatic rings. The topological polar surface area (TPSA) is 451 Å². The van der Waals surface area contributed by atoms with E-state index >= 15 is 0 Å². The van der Waals surface area contributed by atoms with Crippen LogP contribution in [0.15, 0.2) is 24.3 Å². The average molecular weight is 922 g/mol. The summed E-state index contributed by atoms with van der Waals surface area (Å²) >= 11 is 0. The molecule has 0 aliphatic rings. The maximum atomic E-state index is 13.8. The van der Waals surface area contributed by atoms with E-state index in [-0.39, 0.29) is 50.3 Å². The molecule has 0 saturated heterocycles. The average Bonchev–Trinajstić information content (AvgIpc) is 3.21. The van der Waals surface area contributed by atoms with Crippen molar-refractivity contribution in [3.8, 4) is 5.75 Å². The molecule has 0 saturated carbocycles. The second-order valence-electron chi connectivity index (χ2n) is 15.7. The van der Waals surface area contributed by atoms with E-state index in [4.69, 9.17) is 28.7 Å². The Morgan fingerprint density at radius 2 is 0.954 bits per heavy atom. The summed E-state index contributed by atoms with van der Waals surface area (Å²) in [6.07, 6.45) is -3.41. The first-order valence-electron chi connectivity index (χ1n) is 20.8. The molecule has 7 atom stereocenters. The number of nitrogens with one attached hydrogen (secondary N) is 6. The van der Waals surface area contributed by atoms with Crippen LogP contribution in [0.4, 0.5) is 0 Å². The van der Waals surface area contributed by atoms with Gasteiger partial charge in [-0.2, -0.15) is 0 Å². The summed E-state index contributed by atoms with van der Waals surface area (Å²) in [6.45, 7) is 3.83. The second-order valence-corrected chi connectivity index (χ2v) is 15.7. The number of phenols is 1. The Kier molecular flexibility index (Phi) is 24.8. The molecular weight excluding hydrogens is 859 g/mol. The maximum Gasteiger partial charge on any atom is 0.326 e. The molecule has 0 aliphatic heterocycles. The molecule has 362 valence electrons. The highest BCUT2D eigenvalue weighted by Crippen LogP contribution is 2.13. The number of hydrogen-bond donors (Lipinski definition) is 14. The molecule has 9 amide bonds. The van der Waals surface area contributed by atoms with E-state index in [0.29, 0.717) is 12.0 Å². The van der Waals surface area contributed by atoms with Crippen LogP contribution in [-0.2, 0) is 59.2 Å². The van der Waals surface area contributed by atoms with Gasteiger partial charge in [0, 0.05) is 25.7 Å². The van der Waals surface area contributed by atoms with Gasteiger partial charge in [-0.25, -0.2) is 4.79 Å². The Balaban J connectivity index is 3.49. The van der Waals surface area contributed by atoms with Crippen molar-refractivity contribution in [3.63, 3.8) is 0 Å². The predicted octanol–water partition coefficient (Wildman–Crippen LogP) is -4.30. The number of aliphatic carboxylic acids is 2. The molecule has 0 aromatic heterocycles. The molecule has 25 heteroatoms. The van der Waals surface area contributed by atoms with Crippen molar-refractivity contribution in [1.82, 2.24) is 31.9 Å². The fourth-order valence-electron chi connectivity index (χ4n) is 6.14. The number of carbonyl (C=O) groups is 11. The van der Waals surface area contributed by atoms with Crippen molar-refractivity contribution < 1.29 is 68.1 Å². The minimum Gasteiger partial charge on any atom is -0.508 e. The molecular formula is C40H63N11O14. The van der Waals surface area contributed by atoms with Gasteiger partial charge in [0.2, 0.25) is 53.2 Å². The van der Waals surface area contributed by atoms with Crippen molar-refractivity contribution >= 4 is 65.1 Å². The molecule has 0 unspecified atom stereocenters. The summed E-state index contributed by atoms with van der Waals surface area (Å²) < 4.78 is 0. The number of rotatable bonds is 32. The number of aromatic hydroxyl groups is 1. The number of hydrogen-bond acceptors (Lipinski definition) is 14. The second kappa shape index (κ2) is 28.7. The van der Waals surface area contributed by atoms with E-state index < -0.39 is 146 Å². The first kappa shape index (κ1) is 56.1. The van der Waals surface area contributed by atoms with Gasteiger partial charge in [0.1, 0.15) is 42.0 Å². The lowest BCUT2D eigenvalue weighted by atomic mass is 10.0. The van der Waals surface area contributed by atoms with Gasteiger partial charge >= 0.3 is 11.9 Å². The maximum absolute atomic E-state index is 13.8. The number of benzene rings is 1. The van der Waals surface area contributed by atoms with Crippen LogP contribution in [0, 0.1) is 5.92 Å². The Hall–Kier alpha value is -6.89. The van der Waals surface area contributed by atoms with Gasteiger partial charge in [0.05, 0.1) is 12.5 Å². The zero-order valence-electron chi connectivity index (χ0n) is 36.3. The van der Waals surface area contributed by atoms with Crippen LogP contribution in [0.2, 0.25) is 0 Å². The summed E-state index contributed by atoms with van der Waals surface area (Å²) in [4.78, 5) is 140. The third kappa shape index (κ3) is 22.9. The van der Waals surface area contributed by atoms with Crippen LogP contribution in [0.1, 0.15) is 90.0 Å². The van der Waals surface area contributed by atoms with Gasteiger partial charge in [-0.15, -0.1) is 0 Å². The molecule has 0 fully saturated rings. The van der Waals surface area contributed by atoms with E-state index in [9.17, 15) is 68.1 Å². The van der Waals surface area contributed by atoms with E-state index in [0.717, 1.165) is 0 Å². The molecule has 0 bridgehead atoms. The Labute approximate surface area is 374 Å². The minimum absolute atomic E-state index is 0.00224. The first-order chi connectivity index (χ1) is 30.4. The fraction of sp³-hybridized carbons (Fsp3) is 0.575. The third-order valence-corrected chi connectivity index (χ3v) is 9.58. The van der Waals surface area contributed by atoms with Crippen LogP contribution in [0.5, 0.6) is 5.75 Å². The third-order valence-electron chi connectivity index (χ3n) is 9.58. The molecule has 0 spiro atoms. The van der Waals surface area contributed by atoms with Crippen molar-refractivity contribution in [2.24, 2.45) is 34.6 Å². The van der Waals surface area contributed by atoms with Crippen LogP contribution in [-0.4, -0.2) is 129 Å². The molecule has 25 nitrogen and oxygen atoms in total. The lowest BCUT2D eigenvalue weighted by Gasteiger charge is -2.27. The van der Waals surface area contributed by atoms with Gasteiger partial charge in [-0.05, 0) is 75.1 Å². The number of primary amides is 3. The largest absolute Gasteiger partial charge is 0.508 e. The van der Waals surface area contributed by atoms with Gasteiger partial charge in [0.15, 0.2) is 0 Å². The Bertz CT molecular complexity index is 1850. The highest BCUT2D eigenvalue weighted by molar-refractivity contribution is 5.98. The van der Waals surface area contributed by atoms with Crippen molar-refractivity contribution in [1.29, 1.82) is 0 Å². The molecule has 19 N–H and O–H groups in total. The molecule has 1 aromatic carbocycles. The number of unbranched alkanes of at least 4 members (excludes halogenated alkanes) is 1. The van der Waals surface area contributed by atoms with Crippen molar-refractivity contribution in [2.75, 3.05) is 6.54 Å². The quantitative estimate of drug-likeness (QED) is 0.0304. The number of phenolic OH excluding ortho intramolecular Hbond substituents is 1. The van der Waals surface area contributed by atoms with Gasteiger partial charge < -0.3 is 75.9 Å². The zero-order valence-corrected chi connectivity index (χ0v) is 36.3. The van der Waals surface area contributed by atoms with E-state index in [2.05, 4.69) is 31.9 Å². The van der Waals surface area contributed by atoms with Crippen molar-refractivity contribution in [2.45, 2.75) is 133 Å². The Morgan fingerprint density at radius 3 is 1.40 bits per heavy atom. The SMILES string of the molecule is CC(C)C[C@H](N)C(=O)N[C@@H](Cc1ccc(O)cc1)C(=O)N[C@@H](CCC(=O)O)C(=O)N[C@@H](CC(N)=O)C(=O)N[C@@H](CCC(N)=O)C(=O)N[C@@H](CCCCN)C(=O)N[C@@H](CCC(N)=O)C(=O)O. The summed E-state index contributed by atoms with van der Waals surface area (Å²) in [5, 5.41) is 42.8. The highest BCUT2D eigenvalue weighted by Gasteiger charge is 2.35. The van der Waals surface area contributed by atoms with Crippen LogP contribution >= 0.6 is 0 Å². The molecule has 0 radical (unpaired) electrons. The number of nitrogens with two attached hydrogens (primary N) is 5. The van der Waals surface area contributed by atoms with E-state index in [1.165, 1.54) is 24.3 Å². The van der Waals surface area contributed by atoms with Crippen LogP contribution in [0.25, 0.3) is 0 Å². The van der Waals surface area contributed by atoms with Crippen LogP contribution < -0.4 is 60.6 Å². The number of carbonyl (C=O) groups excluding carboxylic acids is 9. The Morgan fingerprint density at radius 1 is 0.538 bits per heavy atom. The van der Waals surface area contributed by atoms with Crippen molar-refractivity contribution in [3.05, 3.63) is 29.8 Å². The monoisotopic (exact) mass is 921 g/mol. The predicted molar refractivity (Wildman–Crippen MR) is 229 cm³/mol. The standard InChI is InChI=1S/C40H63N11O14/c1-20(2)17-23(42)34(58)50-28(18-21-6-8-22(52)9-7-21)38(62)48-26(12-15-33(56)57)37(61)51-29(19-32(45)55)39(63)47-25(10-13-30(43)53)36(60)46-24(5-3-4-16-41)35(59)49-27(40(64)65)11-14-31(44)54/h6-9,20,23-29,52H,3-5,10-19,41-42H2,1-2H3,(H2,43,53)(H2,44,54)(H2,45,55)(H,46,60)(H,47,63)(H,48,62)(H,49,59)(H,50,58)(H,51,61)(H,56,57)(H,64,65)/t23-,24-,25-,26-,27-,28-,29-/m0/s1. The summed E-state index contributed by atoms with van der Waals surface area (Å²) in [7, 11) is 0. The van der Waals surface area contributed by atoms with Gasteiger partial charge in [-0.3, -0.25) is 47.9 Å². The molecule has 0 aliphatic carbocycles. The summed E-state index contributed by atoms with van der Waals surface area (Å²) in [5.74, 6) is -12.1. The first-order valence-corrected chi connectivity index (χ1v) is 20.8. The smallest absolute Gasteiger partial charge is 0.326 e. The number of carboxylic acid groups (broad SMARTS) is 2. The van der Waals surface area contributed by atoms with E-state index in [1.54, 1.807) is 0 Å². The minimum atomic E-state index is -1.90. The molecule has 1 rings (SSSR count). The van der Waals surface area contributed by atoms with Crippen LogP contribution in [0.3, 0.4) is 0 Å². The zero-order chi connectivity index (χ0) is 49.4. The lowest BCUT2D eigenvalue weighted by molar-refractivity contribution is -0.142. The summed E-state index contributed by atoms with van der Waals surface area (Å²) in [5.41, 5.74) is 27.9. The fourth-order valence-corrected chi connectivity index (χ4v) is 6.14. The normalized spacial score (nSPS) is 14.2. The lowest BCUT2D eigenvalue weighted by Crippen LogP contribution is -2.60. The molecule has 65 heavy (non-hydrogen) atoms. The van der Waals surface area contributed by atoms with Gasteiger partial charge in [-0.1, -0.05) is 26.0 Å². The molecule has 0 heterocycles.